The lowest BCUT2D eigenvalue weighted by molar-refractivity contribution is 0.591. The van der Waals surface area contributed by atoms with Crippen molar-refractivity contribution < 1.29 is 8.78 Å². The summed E-state index contributed by atoms with van der Waals surface area (Å²) in [4.78, 5) is 7.05. The maximum atomic E-state index is 13.5. The molecule has 0 saturated heterocycles. The van der Waals surface area contributed by atoms with E-state index in [0.29, 0.717) is 22.3 Å². The minimum atomic E-state index is -0.595. The molecule has 0 aliphatic carbocycles. The van der Waals surface area contributed by atoms with Gasteiger partial charge in [-0.3, -0.25) is 4.98 Å². The third kappa shape index (κ3) is 1.67. The Morgan fingerprint density at radius 1 is 1.06 bits per heavy atom. The number of fused-ring (bicyclic) bond motifs is 1. The second kappa shape index (κ2) is 3.66. The molecule has 4 heteroatoms. The van der Waals surface area contributed by atoms with E-state index in [1.54, 1.807) is 24.4 Å². The van der Waals surface area contributed by atoms with Gasteiger partial charge >= 0.3 is 0 Å². The van der Waals surface area contributed by atoms with E-state index in [1.165, 1.54) is 6.07 Å². The molecule has 2 aromatic heterocycles. The van der Waals surface area contributed by atoms with Crippen LogP contribution in [0.5, 0.6) is 0 Å². The Morgan fingerprint density at radius 2 is 1.94 bits per heavy atom. The Bertz CT molecular complexity index is 674. The van der Waals surface area contributed by atoms with E-state index in [9.17, 15) is 8.78 Å². The molecule has 3 aromatic rings. The first kappa shape index (κ1) is 9.96. The molecule has 17 heavy (non-hydrogen) atoms. The third-order valence-electron chi connectivity index (χ3n) is 2.59. The molecule has 84 valence electrons. The zero-order valence-corrected chi connectivity index (χ0v) is 8.74. The van der Waals surface area contributed by atoms with Crippen molar-refractivity contribution in [2.24, 2.45) is 0 Å². The van der Waals surface area contributed by atoms with Crippen LogP contribution in [0, 0.1) is 11.6 Å². The highest BCUT2D eigenvalue weighted by Gasteiger charge is 2.09. The summed E-state index contributed by atoms with van der Waals surface area (Å²) in [5.41, 5.74) is 1.67. The van der Waals surface area contributed by atoms with E-state index in [2.05, 4.69) is 9.97 Å². The van der Waals surface area contributed by atoms with Crippen molar-refractivity contribution in [1.29, 1.82) is 0 Å². The second-order valence-corrected chi connectivity index (χ2v) is 3.75. The monoisotopic (exact) mass is 230 g/mol. The highest BCUT2D eigenvalue weighted by molar-refractivity contribution is 5.85. The fourth-order valence-corrected chi connectivity index (χ4v) is 1.83. The van der Waals surface area contributed by atoms with Crippen molar-refractivity contribution in [3.63, 3.8) is 0 Å². The van der Waals surface area contributed by atoms with E-state index in [1.807, 2.05) is 6.07 Å². The summed E-state index contributed by atoms with van der Waals surface area (Å²) in [7, 11) is 0. The standard InChI is InChI=1S/C13H8F2N2/c14-9-5-8-6-12(11-3-1-2-4-16-11)17-13(8)10(15)7-9/h1-7,17H. The van der Waals surface area contributed by atoms with Crippen LogP contribution < -0.4 is 0 Å². The molecule has 2 nitrogen and oxygen atoms in total. The Morgan fingerprint density at radius 3 is 2.71 bits per heavy atom. The van der Waals surface area contributed by atoms with Crippen molar-refractivity contribution in [2.75, 3.05) is 0 Å². The van der Waals surface area contributed by atoms with Crippen LogP contribution >= 0.6 is 0 Å². The normalized spacial score (nSPS) is 10.9. The number of aromatic nitrogens is 2. The summed E-state index contributed by atoms with van der Waals surface area (Å²) in [6.45, 7) is 0. The maximum absolute atomic E-state index is 13.5. The quantitative estimate of drug-likeness (QED) is 0.680. The fourth-order valence-electron chi connectivity index (χ4n) is 1.83. The molecule has 0 spiro atoms. The van der Waals surface area contributed by atoms with Gasteiger partial charge in [0, 0.05) is 17.6 Å². The first-order chi connectivity index (χ1) is 8.24. The number of hydrogen-bond acceptors (Lipinski definition) is 1. The average Bonchev–Trinajstić information content (AvgIpc) is 2.74. The van der Waals surface area contributed by atoms with Crippen LogP contribution in [0.1, 0.15) is 0 Å². The molecule has 0 aliphatic heterocycles. The van der Waals surface area contributed by atoms with Crippen LogP contribution in [0.15, 0.2) is 42.6 Å². The topological polar surface area (TPSA) is 28.7 Å². The van der Waals surface area contributed by atoms with E-state index >= 15 is 0 Å². The number of halogens is 2. The fraction of sp³-hybridized carbons (Fsp3) is 0. The number of nitrogens with one attached hydrogen (secondary N) is 1. The zero-order chi connectivity index (χ0) is 11.8. The van der Waals surface area contributed by atoms with Gasteiger partial charge in [-0.15, -0.1) is 0 Å². The first-order valence-electron chi connectivity index (χ1n) is 5.13. The summed E-state index contributed by atoms with van der Waals surface area (Å²) in [6, 6.07) is 9.28. The first-order valence-corrected chi connectivity index (χ1v) is 5.13. The van der Waals surface area contributed by atoms with Gasteiger partial charge in [-0.25, -0.2) is 8.78 Å². The molecule has 0 amide bonds. The van der Waals surface area contributed by atoms with E-state index < -0.39 is 11.6 Å². The molecule has 2 heterocycles. The van der Waals surface area contributed by atoms with Gasteiger partial charge in [0.1, 0.15) is 11.6 Å². The van der Waals surface area contributed by atoms with Gasteiger partial charge in [0.15, 0.2) is 0 Å². The molecular weight excluding hydrogens is 222 g/mol. The minimum Gasteiger partial charge on any atom is -0.351 e. The van der Waals surface area contributed by atoms with Gasteiger partial charge in [0.05, 0.1) is 16.9 Å². The Balaban J connectivity index is 2.24. The highest BCUT2D eigenvalue weighted by Crippen LogP contribution is 2.25. The SMILES string of the molecule is Fc1cc(F)c2[nH]c(-c3ccccn3)cc2c1. The van der Waals surface area contributed by atoms with Crippen molar-refractivity contribution >= 4 is 10.9 Å². The van der Waals surface area contributed by atoms with Crippen LogP contribution in [-0.4, -0.2) is 9.97 Å². The number of rotatable bonds is 1. The number of benzene rings is 1. The highest BCUT2D eigenvalue weighted by atomic mass is 19.1. The lowest BCUT2D eigenvalue weighted by Gasteiger charge is -1.94. The largest absolute Gasteiger partial charge is 0.351 e. The van der Waals surface area contributed by atoms with Crippen LogP contribution in [-0.2, 0) is 0 Å². The van der Waals surface area contributed by atoms with Crippen LogP contribution in [0.4, 0.5) is 8.78 Å². The number of H-pyrrole nitrogens is 1. The number of nitrogens with zero attached hydrogens (tertiary/aromatic N) is 1. The second-order valence-electron chi connectivity index (χ2n) is 3.75. The lowest BCUT2D eigenvalue weighted by atomic mass is 10.2. The number of aromatic amines is 1. The van der Waals surface area contributed by atoms with Gasteiger partial charge < -0.3 is 4.98 Å². The number of hydrogen-bond donors (Lipinski definition) is 1. The molecular formula is C13H8F2N2. The summed E-state index contributed by atoms with van der Waals surface area (Å²) in [5.74, 6) is -1.18. The van der Waals surface area contributed by atoms with Crippen molar-refractivity contribution in [3.05, 3.63) is 54.2 Å². The molecule has 0 unspecified atom stereocenters. The molecule has 0 radical (unpaired) electrons. The molecule has 1 N–H and O–H groups in total. The summed E-state index contributed by atoms with van der Waals surface area (Å²) in [5, 5.41) is 0.503. The smallest absolute Gasteiger partial charge is 0.150 e. The van der Waals surface area contributed by atoms with Gasteiger partial charge in [0.25, 0.3) is 0 Å². The summed E-state index contributed by atoms with van der Waals surface area (Å²) >= 11 is 0. The van der Waals surface area contributed by atoms with Gasteiger partial charge in [-0.1, -0.05) is 6.07 Å². The predicted octanol–water partition coefficient (Wildman–Crippen LogP) is 3.51. The van der Waals surface area contributed by atoms with Crippen LogP contribution in [0.25, 0.3) is 22.3 Å². The van der Waals surface area contributed by atoms with Crippen LogP contribution in [0.2, 0.25) is 0 Å². The zero-order valence-electron chi connectivity index (χ0n) is 8.74. The lowest BCUT2D eigenvalue weighted by Crippen LogP contribution is -1.82. The van der Waals surface area contributed by atoms with E-state index in [0.717, 1.165) is 6.07 Å². The van der Waals surface area contributed by atoms with Crippen molar-refractivity contribution in [2.45, 2.75) is 0 Å². The molecule has 0 atom stereocenters. The summed E-state index contributed by atoms with van der Waals surface area (Å²) in [6.07, 6.45) is 1.65. The third-order valence-corrected chi connectivity index (χ3v) is 2.59. The molecule has 1 aromatic carbocycles. The van der Waals surface area contributed by atoms with Gasteiger partial charge in [0.2, 0.25) is 0 Å². The molecule has 0 fully saturated rings. The predicted molar refractivity (Wildman–Crippen MR) is 61.4 cm³/mol. The molecule has 0 bridgehead atoms. The van der Waals surface area contributed by atoms with E-state index in [4.69, 9.17) is 0 Å². The Hall–Kier alpha value is -2.23. The molecule has 3 rings (SSSR count). The Kier molecular flexibility index (Phi) is 2.14. The average molecular weight is 230 g/mol. The minimum absolute atomic E-state index is 0.298. The van der Waals surface area contributed by atoms with Crippen molar-refractivity contribution in [3.8, 4) is 11.4 Å². The van der Waals surface area contributed by atoms with Gasteiger partial charge in [-0.05, 0) is 24.3 Å². The van der Waals surface area contributed by atoms with E-state index in [-0.39, 0.29) is 0 Å². The van der Waals surface area contributed by atoms with Crippen LogP contribution in [0.3, 0.4) is 0 Å². The van der Waals surface area contributed by atoms with Crippen molar-refractivity contribution in [1.82, 2.24) is 9.97 Å². The Labute approximate surface area is 95.9 Å². The maximum Gasteiger partial charge on any atom is 0.150 e. The van der Waals surface area contributed by atoms with Gasteiger partial charge in [-0.2, -0.15) is 0 Å². The molecule has 0 saturated carbocycles. The summed E-state index contributed by atoms with van der Waals surface area (Å²) < 4.78 is 26.5. The number of pyridine rings is 1. The molecule has 0 aliphatic rings.